The highest BCUT2D eigenvalue weighted by molar-refractivity contribution is 5.99. The summed E-state index contributed by atoms with van der Waals surface area (Å²) in [6, 6.07) is 13.7. The summed E-state index contributed by atoms with van der Waals surface area (Å²) in [5, 5.41) is 0. The fourth-order valence-electron chi connectivity index (χ4n) is 5.41. The number of Topliss-reactive ketones (excluding diaryl/α,β-unsaturated/α-hetero) is 1. The first kappa shape index (κ1) is 25.3. The van der Waals surface area contributed by atoms with E-state index in [0.29, 0.717) is 49.3 Å². The molecule has 3 heterocycles. The molecule has 0 aromatic heterocycles. The SMILES string of the molecule is CC(=O)N1CCC(COc2ccc3c(c2)OCCN(CC(=O)CN2CCc4ccccc4C2)C3=O)CC1. The highest BCUT2D eigenvalue weighted by Gasteiger charge is 2.27. The quantitative estimate of drug-likeness (QED) is 0.576. The number of benzene rings is 2. The van der Waals surface area contributed by atoms with Gasteiger partial charge in [0.05, 0.1) is 31.8 Å². The minimum Gasteiger partial charge on any atom is -0.493 e. The van der Waals surface area contributed by atoms with Gasteiger partial charge < -0.3 is 19.3 Å². The topological polar surface area (TPSA) is 79.4 Å². The molecule has 0 spiro atoms. The monoisotopic (exact) mass is 505 g/mol. The molecule has 0 unspecified atom stereocenters. The Bertz CT molecular complexity index is 1160. The van der Waals surface area contributed by atoms with Gasteiger partial charge in [0.25, 0.3) is 5.91 Å². The molecule has 2 aromatic rings. The molecule has 8 nitrogen and oxygen atoms in total. The first-order valence-electron chi connectivity index (χ1n) is 13.2. The van der Waals surface area contributed by atoms with Crippen molar-refractivity contribution in [1.29, 1.82) is 0 Å². The Hall–Kier alpha value is -3.39. The van der Waals surface area contributed by atoms with Gasteiger partial charge >= 0.3 is 0 Å². The summed E-state index contributed by atoms with van der Waals surface area (Å²) in [4.78, 5) is 43.3. The fourth-order valence-corrected chi connectivity index (χ4v) is 5.41. The van der Waals surface area contributed by atoms with Crippen molar-refractivity contribution in [2.45, 2.75) is 32.7 Å². The Balaban J connectivity index is 1.14. The number of carbonyl (C=O) groups excluding carboxylic acids is 3. The molecular weight excluding hydrogens is 470 g/mol. The number of nitrogens with zero attached hydrogens (tertiary/aromatic N) is 3. The summed E-state index contributed by atoms with van der Waals surface area (Å²) in [6.07, 6.45) is 2.79. The largest absolute Gasteiger partial charge is 0.493 e. The zero-order chi connectivity index (χ0) is 25.8. The lowest BCUT2D eigenvalue weighted by molar-refractivity contribution is -0.130. The smallest absolute Gasteiger partial charge is 0.258 e. The van der Waals surface area contributed by atoms with Crippen molar-refractivity contribution >= 4 is 17.6 Å². The van der Waals surface area contributed by atoms with E-state index in [9.17, 15) is 14.4 Å². The average molecular weight is 506 g/mol. The van der Waals surface area contributed by atoms with Gasteiger partial charge in [-0.05, 0) is 48.4 Å². The summed E-state index contributed by atoms with van der Waals surface area (Å²) < 4.78 is 11.9. The van der Waals surface area contributed by atoms with Crippen LogP contribution in [0.3, 0.4) is 0 Å². The van der Waals surface area contributed by atoms with Crippen LogP contribution in [-0.2, 0) is 22.6 Å². The second-order valence-corrected chi connectivity index (χ2v) is 10.3. The van der Waals surface area contributed by atoms with Crippen molar-refractivity contribution in [1.82, 2.24) is 14.7 Å². The molecule has 0 radical (unpaired) electrons. The van der Waals surface area contributed by atoms with E-state index in [1.165, 1.54) is 11.1 Å². The van der Waals surface area contributed by atoms with Gasteiger partial charge in [-0.1, -0.05) is 24.3 Å². The lowest BCUT2D eigenvalue weighted by Gasteiger charge is -2.31. The van der Waals surface area contributed by atoms with E-state index in [-0.39, 0.29) is 24.1 Å². The van der Waals surface area contributed by atoms with Gasteiger partial charge in [0, 0.05) is 39.2 Å². The zero-order valence-electron chi connectivity index (χ0n) is 21.5. The van der Waals surface area contributed by atoms with Gasteiger partial charge in [-0.2, -0.15) is 0 Å². The molecule has 2 aromatic carbocycles. The maximum atomic E-state index is 13.2. The van der Waals surface area contributed by atoms with E-state index >= 15 is 0 Å². The van der Waals surface area contributed by atoms with Crippen LogP contribution in [0.4, 0.5) is 0 Å². The average Bonchev–Trinajstić information content (AvgIpc) is 3.05. The third kappa shape index (κ3) is 6.13. The lowest BCUT2D eigenvalue weighted by Crippen LogP contribution is -2.42. The van der Waals surface area contributed by atoms with E-state index in [0.717, 1.165) is 45.4 Å². The molecule has 1 fully saturated rings. The number of hydrogen-bond acceptors (Lipinski definition) is 6. The highest BCUT2D eigenvalue weighted by Crippen LogP contribution is 2.29. The normalized spacial score (nSPS) is 18.5. The van der Waals surface area contributed by atoms with E-state index in [1.54, 1.807) is 30.0 Å². The highest BCUT2D eigenvalue weighted by atomic mass is 16.5. The molecule has 8 heteroatoms. The van der Waals surface area contributed by atoms with Crippen LogP contribution in [-0.4, -0.2) is 84.8 Å². The standard InChI is InChI=1S/C29H35N3O5/c1-21(33)31-12-8-22(9-13-31)20-37-26-6-7-27-28(16-26)36-15-14-32(29(27)35)19-25(34)18-30-11-10-23-4-2-3-5-24(23)17-30/h2-7,16,22H,8-15,17-20H2,1H3. The fraction of sp³-hybridized carbons (Fsp3) is 0.483. The minimum atomic E-state index is -0.187. The predicted molar refractivity (Wildman–Crippen MR) is 139 cm³/mol. The Morgan fingerprint density at radius 1 is 1.00 bits per heavy atom. The molecule has 1 saturated heterocycles. The lowest BCUT2D eigenvalue weighted by atomic mass is 9.98. The van der Waals surface area contributed by atoms with Crippen LogP contribution in [0.1, 0.15) is 41.3 Å². The number of ketones is 1. The molecule has 3 aliphatic heterocycles. The maximum absolute atomic E-state index is 13.2. The zero-order valence-corrected chi connectivity index (χ0v) is 21.5. The molecule has 0 atom stereocenters. The van der Waals surface area contributed by atoms with Crippen molar-refractivity contribution in [2.24, 2.45) is 5.92 Å². The number of amides is 2. The molecule has 0 N–H and O–H groups in total. The molecule has 37 heavy (non-hydrogen) atoms. The molecular formula is C29H35N3O5. The van der Waals surface area contributed by atoms with Crippen LogP contribution >= 0.6 is 0 Å². The number of fused-ring (bicyclic) bond motifs is 2. The van der Waals surface area contributed by atoms with Crippen LogP contribution in [0.2, 0.25) is 0 Å². The van der Waals surface area contributed by atoms with Gasteiger partial charge in [-0.3, -0.25) is 19.3 Å². The Morgan fingerprint density at radius 2 is 1.78 bits per heavy atom. The van der Waals surface area contributed by atoms with Gasteiger partial charge in [0.1, 0.15) is 18.1 Å². The van der Waals surface area contributed by atoms with Crippen LogP contribution in [0.25, 0.3) is 0 Å². The number of piperidine rings is 1. The molecule has 196 valence electrons. The Kier molecular flexibility index (Phi) is 7.74. The van der Waals surface area contributed by atoms with Crippen molar-refractivity contribution < 1.29 is 23.9 Å². The van der Waals surface area contributed by atoms with Gasteiger partial charge in [-0.15, -0.1) is 0 Å². The van der Waals surface area contributed by atoms with E-state index in [1.807, 2.05) is 11.0 Å². The van der Waals surface area contributed by atoms with Crippen molar-refractivity contribution in [3.8, 4) is 11.5 Å². The van der Waals surface area contributed by atoms with Crippen molar-refractivity contribution in [3.05, 3.63) is 59.2 Å². The third-order valence-electron chi connectivity index (χ3n) is 7.61. The molecule has 0 saturated carbocycles. The molecule has 0 aliphatic carbocycles. The maximum Gasteiger partial charge on any atom is 0.258 e. The summed E-state index contributed by atoms with van der Waals surface area (Å²) in [7, 11) is 0. The number of carbonyl (C=O) groups is 3. The number of likely N-dealkylation sites (tertiary alicyclic amines) is 1. The summed E-state index contributed by atoms with van der Waals surface area (Å²) in [5.41, 5.74) is 3.08. The van der Waals surface area contributed by atoms with E-state index in [4.69, 9.17) is 9.47 Å². The van der Waals surface area contributed by atoms with Crippen LogP contribution in [0.15, 0.2) is 42.5 Å². The van der Waals surface area contributed by atoms with Gasteiger partial charge in [0.2, 0.25) is 5.91 Å². The molecule has 5 rings (SSSR count). The number of ether oxygens (including phenoxy) is 2. The second kappa shape index (κ2) is 11.3. The third-order valence-corrected chi connectivity index (χ3v) is 7.61. The van der Waals surface area contributed by atoms with Gasteiger partial charge in [-0.25, -0.2) is 0 Å². The van der Waals surface area contributed by atoms with Crippen molar-refractivity contribution in [2.75, 3.05) is 52.5 Å². The molecule has 2 amide bonds. The summed E-state index contributed by atoms with van der Waals surface area (Å²) in [6.45, 7) is 6.44. The molecule has 0 bridgehead atoms. The second-order valence-electron chi connectivity index (χ2n) is 10.3. The van der Waals surface area contributed by atoms with Crippen LogP contribution in [0.5, 0.6) is 11.5 Å². The van der Waals surface area contributed by atoms with Gasteiger partial charge in [0.15, 0.2) is 5.78 Å². The minimum absolute atomic E-state index is 0.0342. The van der Waals surface area contributed by atoms with E-state index < -0.39 is 0 Å². The Labute approximate surface area is 218 Å². The first-order valence-corrected chi connectivity index (χ1v) is 13.2. The predicted octanol–water partition coefficient (Wildman–Crippen LogP) is 2.79. The Morgan fingerprint density at radius 3 is 2.57 bits per heavy atom. The first-order chi connectivity index (χ1) is 18.0. The van der Waals surface area contributed by atoms with Crippen molar-refractivity contribution in [3.63, 3.8) is 0 Å². The number of rotatable bonds is 7. The molecule has 3 aliphatic rings. The van der Waals surface area contributed by atoms with Crippen LogP contribution in [0, 0.1) is 5.92 Å². The summed E-state index contributed by atoms with van der Waals surface area (Å²) >= 11 is 0. The number of hydrogen-bond donors (Lipinski definition) is 0. The van der Waals surface area contributed by atoms with Crippen LogP contribution < -0.4 is 9.47 Å². The summed E-state index contributed by atoms with van der Waals surface area (Å²) in [5.74, 6) is 1.53. The van der Waals surface area contributed by atoms with E-state index in [2.05, 4.69) is 23.1 Å².